The van der Waals surface area contributed by atoms with Crippen LogP contribution in [-0.2, 0) is 6.54 Å². The highest BCUT2D eigenvalue weighted by Crippen LogP contribution is 2.23. The molecular weight excluding hydrogens is 376 g/mol. The number of ether oxygens (including phenoxy) is 1. The Balaban J connectivity index is 1.41. The predicted octanol–water partition coefficient (Wildman–Crippen LogP) is 3.82. The number of amides is 1. The van der Waals surface area contributed by atoms with Gasteiger partial charge in [0.1, 0.15) is 11.4 Å². The van der Waals surface area contributed by atoms with E-state index in [1.54, 1.807) is 7.11 Å². The zero-order valence-corrected chi connectivity index (χ0v) is 17.5. The number of aromatic amines is 1. The van der Waals surface area contributed by atoms with Gasteiger partial charge in [0.25, 0.3) is 5.91 Å². The normalized spacial score (nSPS) is 16.6. The number of rotatable bonds is 6. The van der Waals surface area contributed by atoms with Gasteiger partial charge in [-0.15, -0.1) is 0 Å². The molecule has 4 rings (SSSR count). The molecule has 0 bridgehead atoms. The summed E-state index contributed by atoms with van der Waals surface area (Å²) in [5, 5.41) is 7.27. The topological polar surface area (TPSA) is 61.5 Å². The van der Waals surface area contributed by atoms with Gasteiger partial charge in [0, 0.05) is 31.2 Å². The number of methoxy groups -OCH3 is 1. The molecule has 2 aromatic carbocycles. The highest BCUT2D eigenvalue weighted by molar-refractivity contribution is 5.93. The van der Waals surface area contributed by atoms with Crippen LogP contribution in [0.5, 0.6) is 5.75 Å². The average Bonchev–Trinajstić information content (AvgIpc) is 3.30. The maximum Gasteiger partial charge on any atom is 0.271 e. The van der Waals surface area contributed by atoms with E-state index >= 15 is 0 Å². The number of piperidine rings is 1. The lowest BCUT2D eigenvalue weighted by atomic mass is 10.0. The fourth-order valence-corrected chi connectivity index (χ4v) is 4.01. The fraction of sp³-hybridized carbons (Fsp3) is 0.333. The van der Waals surface area contributed by atoms with E-state index in [-0.39, 0.29) is 5.91 Å². The van der Waals surface area contributed by atoms with Crippen molar-refractivity contribution in [3.05, 3.63) is 71.9 Å². The molecule has 0 saturated carbocycles. The first-order valence-corrected chi connectivity index (χ1v) is 10.4. The SMILES string of the molecule is COc1ccc(-c2cc(C(=O)N3CCCC(N(C)Cc4ccccc4)C3)[nH]n2)cc1. The van der Waals surface area contributed by atoms with E-state index in [9.17, 15) is 4.79 Å². The van der Waals surface area contributed by atoms with Gasteiger partial charge in [-0.05, 0) is 55.8 Å². The van der Waals surface area contributed by atoms with Crippen molar-refractivity contribution in [2.24, 2.45) is 0 Å². The monoisotopic (exact) mass is 404 g/mol. The van der Waals surface area contributed by atoms with Gasteiger partial charge in [0.15, 0.2) is 0 Å². The Kier molecular flexibility index (Phi) is 6.14. The summed E-state index contributed by atoms with van der Waals surface area (Å²) in [6.07, 6.45) is 2.11. The van der Waals surface area contributed by atoms with E-state index in [1.165, 1.54) is 5.56 Å². The molecule has 1 saturated heterocycles. The zero-order valence-electron chi connectivity index (χ0n) is 17.5. The molecule has 2 heterocycles. The third-order valence-electron chi connectivity index (χ3n) is 5.78. The Hall–Kier alpha value is -3.12. The maximum absolute atomic E-state index is 13.1. The smallest absolute Gasteiger partial charge is 0.271 e. The molecule has 1 unspecified atom stereocenters. The van der Waals surface area contributed by atoms with Crippen molar-refractivity contribution >= 4 is 5.91 Å². The molecule has 6 heteroatoms. The quantitative estimate of drug-likeness (QED) is 0.678. The van der Waals surface area contributed by atoms with Crippen LogP contribution in [0.3, 0.4) is 0 Å². The van der Waals surface area contributed by atoms with Crippen LogP contribution in [0.1, 0.15) is 28.9 Å². The maximum atomic E-state index is 13.1. The number of carbonyl (C=O) groups excluding carboxylic acids is 1. The summed E-state index contributed by atoms with van der Waals surface area (Å²) < 4.78 is 5.20. The lowest BCUT2D eigenvalue weighted by Gasteiger charge is -2.37. The van der Waals surface area contributed by atoms with Crippen LogP contribution in [0.15, 0.2) is 60.7 Å². The minimum Gasteiger partial charge on any atom is -0.497 e. The molecule has 1 N–H and O–H groups in total. The Morgan fingerprint density at radius 1 is 1.20 bits per heavy atom. The van der Waals surface area contributed by atoms with Gasteiger partial charge in [-0.3, -0.25) is 14.8 Å². The van der Waals surface area contributed by atoms with E-state index in [2.05, 4.69) is 46.4 Å². The number of nitrogens with one attached hydrogen (secondary N) is 1. The molecule has 1 amide bonds. The second-order valence-electron chi connectivity index (χ2n) is 7.84. The summed E-state index contributed by atoms with van der Waals surface area (Å²) in [4.78, 5) is 17.4. The van der Waals surface area contributed by atoms with Crippen LogP contribution < -0.4 is 4.74 Å². The fourth-order valence-electron chi connectivity index (χ4n) is 4.01. The Morgan fingerprint density at radius 3 is 2.70 bits per heavy atom. The first-order valence-electron chi connectivity index (χ1n) is 10.4. The second kappa shape index (κ2) is 9.13. The molecule has 156 valence electrons. The van der Waals surface area contributed by atoms with E-state index in [0.29, 0.717) is 11.7 Å². The summed E-state index contributed by atoms with van der Waals surface area (Å²) >= 11 is 0. The minimum atomic E-state index is 0.0140. The molecule has 1 aliphatic rings. The largest absolute Gasteiger partial charge is 0.497 e. The van der Waals surface area contributed by atoms with Gasteiger partial charge < -0.3 is 9.64 Å². The van der Waals surface area contributed by atoms with Gasteiger partial charge in [0.05, 0.1) is 12.8 Å². The number of nitrogens with zero attached hydrogens (tertiary/aromatic N) is 3. The molecule has 1 atom stereocenters. The third kappa shape index (κ3) is 4.54. The van der Waals surface area contributed by atoms with Crippen LogP contribution in [-0.4, -0.2) is 59.2 Å². The number of likely N-dealkylation sites (N-methyl/N-ethyl adjacent to an activating group) is 1. The molecular formula is C24H28N4O2. The van der Waals surface area contributed by atoms with Crippen LogP contribution in [0.4, 0.5) is 0 Å². The summed E-state index contributed by atoms with van der Waals surface area (Å²) in [5.41, 5.74) is 3.54. The molecule has 30 heavy (non-hydrogen) atoms. The standard InChI is InChI=1S/C24H28N4O2/c1-27(16-18-7-4-3-5-8-18)20-9-6-14-28(17-20)24(29)23-15-22(25-26-23)19-10-12-21(30-2)13-11-19/h3-5,7-8,10-13,15,20H,6,9,14,16-17H2,1-2H3,(H,25,26). The number of likely N-dealkylation sites (tertiary alicyclic amines) is 1. The summed E-state index contributed by atoms with van der Waals surface area (Å²) in [6, 6.07) is 20.3. The Morgan fingerprint density at radius 2 is 1.97 bits per heavy atom. The van der Waals surface area contributed by atoms with Crippen molar-refractivity contribution in [1.82, 2.24) is 20.0 Å². The number of benzene rings is 2. The Labute approximate surface area is 177 Å². The van der Waals surface area contributed by atoms with Crippen LogP contribution in [0, 0.1) is 0 Å². The predicted molar refractivity (Wildman–Crippen MR) is 117 cm³/mol. The summed E-state index contributed by atoms with van der Waals surface area (Å²) in [6.45, 7) is 2.41. The number of hydrogen-bond acceptors (Lipinski definition) is 4. The molecule has 0 radical (unpaired) electrons. The van der Waals surface area contributed by atoms with Crippen LogP contribution >= 0.6 is 0 Å². The first kappa shape index (κ1) is 20.2. The van der Waals surface area contributed by atoms with Gasteiger partial charge >= 0.3 is 0 Å². The number of hydrogen-bond donors (Lipinski definition) is 1. The van der Waals surface area contributed by atoms with E-state index in [4.69, 9.17) is 4.74 Å². The van der Waals surface area contributed by atoms with E-state index in [0.717, 1.165) is 49.5 Å². The zero-order chi connectivity index (χ0) is 20.9. The second-order valence-corrected chi connectivity index (χ2v) is 7.84. The minimum absolute atomic E-state index is 0.0140. The Bertz CT molecular complexity index is 968. The lowest BCUT2D eigenvalue weighted by Crippen LogP contribution is -2.48. The van der Waals surface area contributed by atoms with Crippen molar-refractivity contribution < 1.29 is 9.53 Å². The highest BCUT2D eigenvalue weighted by Gasteiger charge is 2.28. The number of carbonyl (C=O) groups is 1. The third-order valence-corrected chi connectivity index (χ3v) is 5.78. The summed E-state index contributed by atoms with van der Waals surface area (Å²) in [7, 11) is 3.78. The molecule has 0 spiro atoms. The van der Waals surface area contributed by atoms with Crippen molar-refractivity contribution in [2.75, 3.05) is 27.2 Å². The number of aromatic nitrogens is 2. The summed E-state index contributed by atoms with van der Waals surface area (Å²) in [5.74, 6) is 0.810. The lowest BCUT2D eigenvalue weighted by molar-refractivity contribution is 0.0596. The van der Waals surface area contributed by atoms with Crippen LogP contribution in [0.25, 0.3) is 11.3 Å². The van der Waals surface area contributed by atoms with Crippen molar-refractivity contribution in [1.29, 1.82) is 0 Å². The first-order chi connectivity index (χ1) is 14.6. The van der Waals surface area contributed by atoms with Crippen molar-refractivity contribution in [3.63, 3.8) is 0 Å². The number of H-pyrrole nitrogens is 1. The van der Waals surface area contributed by atoms with Gasteiger partial charge in [-0.25, -0.2) is 0 Å². The average molecular weight is 405 g/mol. The molecule has 1 fully saturated rings. The molecule has 0 aliphatic carbocycles. The van der Waals surface area contributed by atoms with E-state index in [1.807, 2.05) is 41.3 Å². The van der Waals surface area contributed by atoms with Gasteiger partial charge in [-0.1, -0.05) is 30.3 Å². The van der Waals surface area contributed by atoms with Crippen molar-refractivity contribution in [2.45, 2.75) is 25.4 Å². The van der Waals surface area contributed by atoms with Crippen LogP contribution in [0.2, 0.25) is 0 Å². The van der Waals surface area contributed by atoms with Gasteiger partial charge in [-0.2, -0.15) is 5.10 Å². The van der Waals surface area contributed by atoms with Gasteiger partial charge in [0.2, 0.25) is 0 Å². The molecule has 1 aliphatic heterocycles. The molecule has 1 aromatic heterocycles. The molecule has 6 nitrogen and oxygen atoms in total. The highest BCUT2D eigenvalue weighted by atomic mass is 16.5. The van der Waals surface area contributed by atoms with E-state index < -0.39 is 0 Å². The van der Waals surface area contributed by atoms with Crippen molar-refractivity contribution in [3.8, 4) is 17.0 Å². The molecule has 3 aromatic rings.